The van der Waals surface area contributed by atoms with Gasteiger partial charge in [0.15, 0.2) is 5.96 Å². The Morgan fingerprint density at radius 1 is 1.31 bits per heavy atom. The number of ether oxygens (including phenoxy) is 1. The van der Waals surface area contributed by atoms with E-state index in [-0.39, 0.29) is 24.0 Å². The molecule has 1 fully saturated rings. The van der Waals surface area contributed by atoms with Crippen molar-refractivity contribution in [1.29, 1.82) is 0 Å². The zero-order valence-electron chi connectivity index (χ0n) is 16.4. The highest BCUT2D eigenvalue weighted by Crippen LogP contribution is 2.26. The van der Waals surface area contributed by atoms with Crippen molar-refractivity contribution < 1.29 is 9.84 Å². The molecule has 2 aromatic heterocycles. The van der Waals surface area contributed by atoms with Gasteiger partial charge in [0, 0.05) is 30.2 Å². The van der Waals surface area contributed by atoms with Gasteiger partial charge in [0.2, 0.25) is 5.88 Å². The monoisotopic (exact) mass is 550 g/mol. The molecule has 1 saturated carbocycles. The molecule has 3 N–H and O–H groups in total. The fraction of sp³-hybridized carbons (Fsp3) is 0.500. The van der Waals surface area contributed by atoms with Crippen LogP contribution >= 0.6 is 46.9 Å². The van der Waals surface area contributed by atoms with Crippen LogP contribution in [-0.2, 0) is 6.54 Å². The van der Waals surface area contributed by atoms with Gasteiger partial charge in [-0.2, -0.15) is 0 Å². The third kappa shape index (κ3) is 7.92. The van der Waals surface area contributed by atoms with Crippen LogP contribution in [0, 0.1) is 0 Å². The summed E-state index contributed by atoms with van der Waals surface area (Å²) in [5, 5.41) is 16.6. The predicted molar refractivity (Wildman–Crippen MR) is 130 cm³/mol. The van der Waals surface area contributed by atoms with Crippen LogP contribution in [0.5, 0.6) is 5.88 Å². The maximum absolute atomic E-state index is 10.3. The molecule has 0 bridgehead atoms. The van der Waals surface area contributed by atoms with Gasteiger partial charge in [-0.1, -0.05) is 17.7 Å². The van der Waals surface area contributed by atoms with E-state index in [0.29, 0.717) is 35.4 Å². The zero-order chi connectivity index (χ0) is 19.8. The molecule has 1 unspecified atom stereocenters. The third-order valence-corrected chi connectivity index (χ3v) is 5.87. The first-order chi connectivity index (χ1) is 13.6. The maximum Gasteiger partial charge on any atom is 0.213 e. The van der Waals surface area contributed by atoms with Gasteiger partial charge >= 0.3 is 0 Å². The van der Waals surface area contributed by atoms with E-state index in [4.69, 9.17) is 16.3 Å². The van der Waals surface area contributed by atoms with E-state index in [2.05, 4.69) is 20.6 Å². The predicted octanol–water partition coefficient (Wildman–Crippen LogP) is 4.52. The molecule has 0 saturated heterocycles. The molecule has 1 aliphatic carbocycles. The Morgan fingerprint density at radius 2 is 2.10 bits per heavy atom. The molecule has 29 heavy (non-hydrogen) atoms. The topological polar surface area (TPSA) is 78.8 Å². The number of nitrogens with zero attached hydrogens (tertiary/aromatic N) is 2. The molecule has 2 heterocycles. The normalized spacial score (nSPS) is 15.6. The second-order valence-electron chi connectivity index (χ2n) is 6.76. The highest BCUT2D eigenvalue weighted by molar-refractivity contribution is 14.0. The van der Waals surface area contributed by atoms with Gasteiger partial charge in [-0.3, -0.25) is 0 Å². The van der Waals surface area contributed by atoms with E-state index in [1.165, 1.54) is 24.2 Å². The molecule has 1 aliphatic rings. The van der Waals surface area contributed by atoms with Crippen molar-refractivity contribution in [2.45, 2.75) is 51.4 Å². The molecular formula is C20H28ClIN4O2S. The number of aliphatic imine (C=N–C) groups is 1. The highest BCUT2D eigenvalue weighted by atomic mass is 127. The summed E-state index contributed by atoms with van der Waals surface area (Å²) in [6.07, 6.45) is 6.21. The molecular weight excluding hydrogens is 523 g/mol. The molecule has 1 atom stereocenters. The number of guanidine groups is 1. The Kier molecular flexibility index (Phi) is 10.5. The average molecular weight is 551 g/mol. The summed E-state index contributed by atoms with van der Waals surface area (Å²) in [4.78, 5) is 9.80. The largest absolute Gasteiger partial charge is 0.474 e. The molecule has 0 radical (unpaired) electrons. The standard InChI is InChI=1S/C20H27ClN4O2S.HI/c1-2-22-20(25-13-16(26)17-8-9-18(21)28-17)24-12-14-7-10-19(23-11-14)27-15-5-3-4-6-15;/h7-11,15-16,26H,2-6,12-13H2,1H3,(H2,22,24,25);1H. The van der Waals surface area contributed by atoms with Crippen molar-refractivity contribution in [2.75, 3.05) is 13.1 Å². The second-order valence-corrected chi connectivity index (χ2v) is 8.51. The molecule has 0 spiro atoms. The zero-order valence-corrected chi connectivity index (χ0v) is 20.3. The third-order valence-electron chi connectivity index (χ3n) is 4.54. The lowest BCUT2D eigenvalue weighted by molar-refractivity contribution is 0.184. The van der Waals surface area contributed by atoms with Crippen molar-refractivity contribution in [2.24, 2.45) is 4.99 Å². The van der Waals surface area contributed by atoms with Gasteiger partial charge in [-0.25, -0.2) is 9.98 Å². The summed E-state index contributed by atoms with van der Waals surface area (Å²) in [5.74, 6) is 1.33. The lowest BCUT2D eigenvalue weighted by Gasteiger charge is -2.14. The summed E-state index contributed by atoms with van der Waals surface area (Å²) in [7, 11) is 0. The lowest BCUT2D eigenvalue weighted by Crippen LogP contribution is -2.39. The van der Waals surface area contributed by atoms with E-state index in [0.717, 1.165) is 29.8 Å². The number of rotatable bonds is 8. The van der Waals surface area contributed by atoms with Gasteiger partial charge in [-0.15, -0.1) is 35.3 Å². The number of aromatic nitrogens is 1. The van der Waals surface area contributed by atoms with E-state index < -0.39 is 6.10 Å². The Morgan fingerprint density at radius 3 is 2.72 bits per heavy atom. The quantitative estimate of drug-likeness (QED) is 0.256. The lowest BCUT2D eigenvalue weighted by atomic mass is 10.3. The first-order valence-electron chi connectivity index (χ1n) is 9.71. The molecule has 0 aliphatic heterocycles. The number of pyridine rings is 1. The molecule has 160 valence electrons. The fourth-order valence-corrected chi connectivity index (χ4v) is 4.11. The first-order valence-corrected chi connectivity index (χ1v) is 10.9. The second kappa shape index (κ2) is 12.6. The van der Waals surface area contributed by atoms with Crippen LogP contribution in [0.25, 0.3) is 0 Å². The van der Waals surface area contributed by atoms with Crippen LogP contribution in [0.2, 0.25) is 4.34 Å². The Labute approximate surface area is 198 Å². The van der Waals surface area contributed by atoms with Crippen LogP contribution in [0.15, 0.2) is 35.5 Å². The van der Waals surface area contributed by atoms with Crippen molar-refractivity contribution in [3.63, 3.8) is 0 Å². The van der Waals surface area contributed by atoms with Gasteiger partial charge in [-0.05, 0) is 50.3 Å². The number of halogens is 2. The van der Waals surface area contributed by atoms with Gasteiger partial charge < -0.3 is 20.5 Å². The summed E-state index contributed by atoms with van der Waals surface area (Å²) < 4.78 is 6.56. The molecule has 3 rings (SSSR count). The van der Waals surface area contributed by atoms with E-state index in [1.807, 2.05) is 25.1 Å². The Hall–Kier alpha value is -1.10. The summed E-state index contributed by atoms with van der Waals surface area (Å²) in [6, 6.07) is 7.53. The smallest absolute Gasteiger partial charge is 0.213 e. The van der Waals surface area contributed by atoms with Crippen LogP contribution in [-0.4, -0.2) is 35.2 Å². The number of aliphatic hydroxyl groups excluding tert-OH is 1. The average Bonchev–Trinajstić information content (AvgIpc) is 3.36. The van der Waals surface area contributed by atoms with Crippen molar-refractivity contribution in [3.8, 4) is 5.88 Å². The van der Waals surface area contributed by atoms with Crippen LogP contribution in [0.1, 0.15) is 49.2 Å². The number of thiophene rings is 1. The van der Waals surface area contributed by atoms with Gasteiger partial charge in [0.05, 0.1) is 10.9 Å². The maximum atomic E-state index is 10.3. The van der Waals surface area contributed by atoms with E-state index >= 15 is 0 Å². The van der Waals surface area contributed by atoms with Crippen molar-refractivity contribution >= 4 is 52.9 Å². The summed E-state index contributed by atoms with van der Waals surface area (Å²) in [5.41, 5.74) is 1.00. The van der Waals surface area contributed by atoms with Crippen LogP contribution < -0.4 is 15.4 Å². The number of hydrogen-bond donors (Lipinski definition) is 3. The van der Waals surface area contributed by atoms with Crippen LogP contribution in [0.3, 0.4) is 0 Å². The van der Waals surface area contributed by atoms with Gasteiger partial charge in [0.25, 0.3) is 0 Å². The molecule has 2 aromatic rings. The minimum atomic E-state index is -0.630. The SMILES string of the molecule is CCNC(=NCc1ccc(OC2CCCC2)nc1)NCC(O)c1ccc(Cl)s1.I. The van der Waals surface area contributed by atoms with Crippen LogP contribution in [0.4, 0.5) is 0 Å². The summed E-state index contributed by atoms with van der Waals surface area (Å²) in [6.45, 7) is 3.59. The Bertz CT molecular complexity index is 766. The number of nitrogens with one attached hydrogen (secondary N) is 2. The minimum Gasteiger partial charge on any atom is -0.474 e. The number of hydrogen-bond acceptors (Lipinski definition) is 5. The minimum absolute atomic E-state index is 0. The number of aliphatic hydroxyl groups is 1. The van der Waals surface area contributed by atoms with Gasteiger partial charge in [0.1, 0.15) is 12.2 Å². The molecule has 0 amide bonds. The van der Waals surface area contributed by atoms with E-state index in [1.54, 1.807) is 12.3 Å². The van der Waals surface area contributed by atoms with E-state index in [9.17, 15) is 5.11 Å². The molecule has 0 aromatic carbocycles. The first kappa shape index (κ1) is 24.2. The fourth-order valence-electron chi connectivity index (χ4n) is 3.06. The highest BCUT2D eigenvalue weighted by Gasteiger charge is 2.16. The molecule has 6 nitrogen and oxygen atoms in total. The Balaban J connectivity index is 0.00000300. The molecule has 9 heteroatoms. The van der Waals surface area contributed by atoms with Crippen molar-refractivity contribution in [3.05, 3.63) is 45.2 Å². The summed E-state index contributed by atoms with van der Waals surface area (Å²) >= 11 is 7.31. The van der Waals surface area contributed by atoms with Crippen molar-refractivity contribution in [1.82, 2.24) is 15.6 Å².